The molecule has 8 nitrogen and oxygen atoms in total. The van der Waals surface area contributed by atoms with E-state index >= 15 is 0 Å². The van der Waals surface area contributed by atoms with Crippen molar-refractivity contribution >= 4 is 10.0 Å². The third-order valence-corrected chi connectivity index (χ3v) is 8.13. The maximum Gasteiger partial charge on any atom is 0.411 e. The third-order valence-electron chi connectivity index (χ3n) is 6.69. The number of aromatic nitrogens is 1. The number of hydrogen-bond acceptors (Lipinski definition) is 7. The molecule has 0 unspecified atom stereocenters. The Balaban J connectivity index is 1.39. The summed E-state index contributed by atoms with van der Waals surface area (Å²) in [7, 11) is -0.855. The fourth-order valence-electron chi connectivity index (χ4n) is 4.61. The monoisotopic (exact) mass is 567 g/mol. The van der Waals surface area contributed by atoms with Crippen LogP contribution in [0.2, 0.25) is 0 Å². The van der Waals surface area contributed by atoms with Gasteiger partial charge in [0.15, 0.2) is 11.7 Å². The van der Waals surface area contributed by atoms with E-state index in [-0.39, 0.29) is 23.2 Å². The summed E-state index contributed by atoms with van der Waals surface area (Å²) in [6.07, 6.45) is -2.20. The summed E-state index contributed by atoms with van der Waals surface area (Å²) in [5, 5.41) is 0. The van der Waals surface area contributed by atoms with Crippen molar-refractivity contribution in [3.05, 3.63) is 65.7 Å². The SMILES string of the molecule is CNS(=O)(=O)c1cc(CCN2CCC(c3nc(COCC(F)(F)F)c(-c4ccccc4)o3)CC2)ccc1OC. The number of likely N-dealkylation sites (tertiary alicyclic amines) is 1. The van der Waals surface area contributed by atoms with Crippen LogP contribution in [0, 0.1) is 0 Å². The van der Waals surface area contributed by atoms with Crippen molar-refractivity contribution in [2.75, 3.05) is 40.4 Å². The van der Waals surface area contributed by atoms with Gasteiger partial charge in [-0.25, -0.2) is 18.1 Å². The molecule has 2 aromatic carbocycles. The predicted molar refractivity (Wildman–Crippen MR) is 139 cm³/mol. The van der Waals surface area contributed by atoms with Crippen LogP contribution in [0.1, 0.15) is 35.9 Å². The minimum atomic E-state index is -4.42. The number of halogens is 3. The third kappa shape index (κ3) is 7.59. The number of alkyl halides is 3. The van der Waals surface area contributed by atoms with Crippen LogP contribution in [-0.2, 0) is 27.8 Å². The molecule has 1 N–H and O–H groups in total. The van der Waals surface area contributed by atoms with Gasteiger partial charge in [-0.3, -0.25) is 0 Å². The van der Waals surface area contributed by atoms with Crippen molar-refractivity contribution in [2.45, 2.75) is 42.9 Å². The molecule has 0 saturated carbocycles. The van der Waals surface area contributed by atoms with E-state index in [2.05, 4.69) is 14.6 Å². The number of nitrogens with zero attached hydrogens (tertiary/aromatic N) is 2. The van der Waals surface area contributed by atoms with Crippen molar-refractivity contribution in [1.29, 1.82) is 0 Å². The summed E-state index contributed by atoms with van der Waals surface area (Å²) in [6.45, 7) is 0.671. The summed E-state index contributed by atoms with van der Waals surface area (Å²) in [6, 6.07) is 14.3. The molecule has 39 heavy (non-hydrogen) atoms. The second-order valence-corrected chi connectivity index (χ2v) is 11.2. The number of sulfonamides is 1. The van der Waals surface area contributed by atoms with Crippen molar-refractivity contribution in [3.8, 4) is 17.1 Å². The van der Waals surface area contributed by atoms with E-state index in [1.54, 1.807) is 12.1 Å². The Hall–Kier alpha value is -2.93. The van der Waals surface area contributed by atoms with E-state index in [4.69, 9.17) is 13.9 Å². The standard InChI is InChI=1S/C27H32F3N3O5S/c1-31-39(34,35)24-16-19(8-9-23(24)36-2)10-13-33-14-11-21(12-15-33)26-32-22(17-37-18-27(28,29)30)25(38-26)20-6-4-3-5-7-20/h3-9,16,21,31H,10-15,17-18H2,1-2H3. The zero-order valence-electron chi connectivity index (χ0n) is 21.8. The summed E-state index contributed by atoms with van der Waals surface area (Å²) >= 11 is 0. The van der Waals surface area contributed by atoms with Gasteiger partial charge in [-0.05, 0) is 57.1 Å². The van der Waals surface area contributed by atoms with Gasteiger partial charge in [0.1, 0.15) is 22.9 Å². The zero-order chi connectivity index (χ0) is 28.0. The Morgan fingerprint density at radius 3 is 2.49 bits per heavy atom. The van der Waals surface area contributed by atoms with Crippen LogP contribution in [-0.4, -0.2) is 64.9 Å². The molecule has 4 rings (SSSR count). The van der Waals surface area contributed by atoms with Crippen LogP contribution < -0.4 is 9.46 Å². The van der Waals surface area contributed by atoms with Crippen LogP contribution in [0.25, 0.3) is 11.3 Å². The number of hydrogen-bond donors (Lipinski definition) is 1. The lowest BCUT2D eigenvalue weighted by atomic mass is 9.96. The topological polar surface area (TPSA) is 93.9 Å². The number of oxazole rings is 1. The number of ether oxygens (including phenoxy) is 2. The Morgan fingerprint density at radius 2 is 1.85 bits per heavy atom. The van der Waals surface area contributed by atoms with Gasteiger partial charge in [0, 0.05) is 18.0 Å². The molecule has 0 spiro atoms. The Bertz CT molecular complexity index is 1340. The Kier molecular flexibility index (Phi) is 9.31. The van der Waals surface area contributed by atoms with Crippen LogP contribution in [0.4, 0.5) is 13.2 Å². The highest BCUT2D eigenvalue weighted by Gasteiger charge is 2.30. The molecular formula is C27H32F3N3O5S. The minimum absolute atomic E-state index is 0.0356. The van der Waals surface area contributed by atoms with Gasteiger partial charge in [0.05, 0.1) is 13.7 Å². The first-order valence-electron chi connectivity index (χ1n) is 12.6. The maximum atomic E-state index is 12.6. The first-order valence-corrected chi connectivity index (χ1v) is 14.1. The molecule has 1 aromatic heterocycles. The quantitative estimate of drug-likeness (QED) is 0.357. The van der Waals surface area contributed by atoms with Gasteiger partial charge in [-0.1, -0.05) is 36.4 Å². The van der Waals surface area contributed by atoms with Crippen LogP contribution in [0.5, 0.6) is 5.75 Å². The first kappa shape index (κ1) is 29.1. The van der Waals surface area contributed by atoms with Crippen molar-refractivity contribution in [3.63, 3.8) is 0 Å². The highest BCUT2D eigenvalue weighted by atomic mass is 32.2. The van der Waals surface area contributed by atoms with Gasteiger partial charge in [0.2, 0.25) is 10.0 Å². The normalized spacial score (nSPS) is 15.5. The number of nitrogens with one attached hydrogen (secondary N) is 1. The van der Waals surface area contributed by atoms with Crippen molar-refractivity contribution in [1.82, 2.24) is 14.6 Å². The first-order chi connectivity index (χ1) is 18.6. The molecule has 12 heteroatoms. The molecule has 0 radical (unpaired) electrons. The second-order valence-electron chi connectivity index (χ2n) is 9.36. The fraction of sp³-hybridized carbons (Fsp3) is 0.444. The van der Waals surface area contributed by atoms with Crippen LogP contribution in [0.15, 0.2) is 57.8 Å². The van der Waals surface area contributed by atoms with E-state index in [0.29, 0.717) is 23.8 Å². The molecule has 1 saturated heterocycles. The second kappa shape index (κ2) is 12.5. The van der Waals surface area contributed by atoms with E-state index in [1.807, 2.05) is 36.4 Å². The van der Waals surface area contributed by atoms with Gasteiger partial charge < -0.3 is 18.8 Å². The Morgan fingerprint density at radius 1 is 1.13 bits per heavy atom. The lowest BCUT2D eigenvalue weighted by Crippen LogP contribution is -2.34. The molecule has 2 heterocycles. The largest absolute Gasteiger partial charge is 0.495 e. The van der Waals surface area contributed by atoms with Gasteiger partial charge in [-0.2, -0.15) is 13.2 Å². The molecule has 1 aliphatic heterocycles. The lowest BCUT2D eigenvalue weighted by molar-refractivity contribution is -0.176. The molecule has 1 fully saturated rings. The maximum absolute atomic E-state index is 12.6. The highest BCUT2D eigenvalue weighted by Crippen LogP contribution is 2.34. The van der Waals surface area contributed by atoms with E-state index < -0.39 is 22.8 Å². The summed E-state index contributed by atoms with van der Waals surface area (Å²) in [4.78, 5) is 6.95. The minimum Gasteiger partial charge on any atom is -0.495 e. The molecule has 0 aliphatic carbocycles. The molecular weight excluding hydrogens is 535 g/mol. The number of methoxy groups -OCH3 is 1. The molecule has 0 bridgehead atoms. The predicted octanol–water partition coefficient (Wildman–Crippen LogP) is 4.76. The fourth-order valence-corrected chi connectivity index (χ4v) is 5.55. The number of benzene rings is 2. The van der Waals surface area contributed by atoms with Crippen molar-refractivity contribution < 1.29 is 35.5 Å². The molecule has 0 amide bonds. The van der Waals surface area contributed by atoms with E-state index in [1.165, 1.54) is 14.2 Å². The zero-order valence-corrected chi connectivity index (χ0v) is 22.6. The van der Waals surface area contributed by atoms with Crippen LogP contribution in [0.3, 0.4) is 0 Å². The molecule has 212 valence electrons. The van der Waals surface area contributed by atoms with Gasteiger partial charge in [0.25, 0.3) is 0 Å². The van der Waals surface area contributed by atoms with Gasteiger partial charge in [-0.15, -0.1) is 0 Å². The van der Waals surface area contributed by atoms with Crippen molar-refractivity contribution in [2.24, 2.45) is 0 Å². The average Bonchev–Trinajstić information content (AvgIpc) is 3.36. The van der Waals surface area contributed by atoms with E-state index in [9.17, 15) is 21.6 Å². The molecule has 3 aromatic rings. The van der Waals surface area contributed by atoms with Gasteiger partial charge >= 0.3 is 6.18 Å². The van der Waals surface area contributed by atoms with E-state index in [0.717, 1.165) is 43.6 Å². The smallest absolute Gasteiger partial charge is 0.411 e. The summed E-state index contributed by atoms with van der Waals surface area (Å²) < 4.78 is 81.0. The highest BCUT2D eigenvalue weighted by molar-refractivity contribution is 7.89. The number of piperidine rings is 1. The molecule has 0 atom stereocenters. The average molecular weight is 568 g/mol. The lowest BCUT2D eigenvalue weighted by Gasteiger charge is -2.30. The molecule has 1 aliphatic rings. The number of rotatable bonds is 11. The van der Waals surface area contributed by atoms with Crippen LogP contribution >= 0.6 is 0 Å². The summed E-state index contributed by atoms with van der Waals surface area (Å²) in [5.41, 5.74) is 1.98. The summed E-state index contributed by atoms with van der Waals surface area (Å²) in [5.74, 6) is 1.27. The Labute approximate surface area is 226 Å².